The second-order valence-electron chi connectivity index (χ2n) is 5.26. The SMILES string of the molecule is CCC1CCN(c2cc(C)nc(C)n2)C(C(=O)O)C1. The number of aliphatic carboxylic acids is 1. The van der Waals surface area contributed by atoms with Gasteiger partial charge in [0.25, 0.3) is 0 Å². The van der Waals surface area contributed by atoms with Crippen molar-refractivity contribution < 1.29 is 9.90 Å². The summed E-state index contributed by atoms with van der Waals surface area (Å²) in [5.41, 5.74) is 0.879. The largest absolute Gasteiger partial charge is 0.480 e. The number of aryl methyl sites for hydroxylation is 2. The van der Waals surface area contributed by atoms with Crippen molar-refractivity contribution in [2.24, 2.45) is 5.92 Å². The summed E-state index contributed by atoms with van der Waals surface area (Å²) in [4.78, 5) is 22.0. The molecule has 5 heteroatoms. The minimum absolute atomic E-state index is 0.465. The van der Waals surface area contributed by atoms with E-state index in [1.807, 2.05) is 24.8 Å². The quantitative estimate of drug-likeness (QED) is 0.905. The summed E-state index contributed by atoms with van der Waals surface area (Å²) in [7, 11) is 0. The third kappa shape index (κ3) is 3.03. The minimum atomic E-state index is -0.757. The summed E-state index contributed by atoms with van der Waals surface area (Å²) in [6, 6.07) is 1.40. The van der Waals surface area contributed by atoms with Crippen LogP contribution in [-0.4, -0.2) is 33.6 Å². The maximum absolute atomic E-state index is 11.5. The molecule has 1 saturated heterocycles. The molecule has 1 aliphatic heterocycles. The second kappa shape index (κ2) is 5.55. The number of rotatable bonds is 3. The molecule has 2 heterocycles. The fourth-order valence-electron chi connectivity index (χ4n) is 2.76. The standard InChI is InChI=1S/C14H21N3O2/c1-4-11-5-6-17(12(8-11)14(18)19)13-7-9(2)15-10(3)16-13/h7,11-12H,4-6,8H2,1-3H3,(H,18,19). The van der Waals surface area contributed by atoms with Crippen molar-refractivity contribution in [2.45, 2.75) is 46.1 Å². The molecule has 104 valence electrons. The number of carbonyl (C=O) groups is 1. The minimum Gasteiger partial charge on any atom is -0.480 e. The van der Waals surface area contributed by atoms with Gasteiger partial charge in [0.15, 0.2) is 0 Å². The predicted octanol–water partition coefficient (Wildman–Crippen LogP) is 2.17. The van der Waals surface area contributed by atoms with Crippen LogP contribution in [-0.2, 0) is 4.79 Å². The lowest BCUT2D eigenvalue weighted by Crippen LogP contribution is -2.47. The van der Waals surface area contributed by atoms with E-state index in [1.165, 1.54) is 0 Å². The van der Waals surface area contributed by atoms with Crippen LogP contribution in [0.25, 0.3) is 0 Å². The maximum atomic E-state index is 11.5. The van der Waals surface area contributed by atoms with Crippen LogP contribution in [0.4, 0.5) is 5.82 Å². The Morgan fingerprint density at radius 3 is 2.79 bits per heavy atom. The van der Waals surface area contributed by atoms with E-state index in [9.17, 15) is 9.90 Å². The highest BCUT2D eigenvalue weighted by atomic mass is 16.4. The summed E-state index contributed by atoms with van der Waals surface area (Å²) >= 11 is 0. The molecule has 0 aliphatic carbocycles. The monoisotopic (exact) mass is 263 g/mol. The van der Waals surface area contributed by atoms with Crippen LogP contribution in [0.3, 0.4) is 0 Å². The van der Waals surface area contributed by atoms with Gasteiger partial charge in [-0.25, -0.2) is 14.8 Å². The van der Waals surface area contributed by atoms with Crippen molar-refractivity contribution in [1.29, 1.82) is 0 Å². The fourth-order valence-corrected chi connectivity index (χ4v) is 2.76. The van der Waals surface area contributed by atoms with Gasteiger partial charge in [-0.1, -0.05) is 13.3 Å². The van der Waals surface area contributed by atoms with Crippen molar-refractivity contribution in [2.75, 3.05) is 11.4 Å². The molecule has 0 bridgehead atoms. The number of anilines is 1. The Bertz CT molecular complexity index is 456. The highest BCUT2D eigenvalue weighted by molar-refractivity contribution is 5.78. The van der Waals surface area contributed by atoms with Crippen LogP contribution in [0, 0.1) is 19.8 Å². The highest BCUT2D eigenvalue weighted by Gasteiger charge is 2.33. The topological polar surface area (TPSA) is 66.3 Å². The van der Waals surface area contributed by atoms with Crippen LogP contribution in [0.2, 0.25) is 0 Å². The van der Waals surface area contributed by atoms with Gasteiger partial charge in [-0.15, -0.1) is 0 Å². The van der Waals surface area contributed by atoms with E-state index < -0.39 is 12.0 Å². The second-order valence-corrected chi connectivity index (χ2v) is 5.26. The molecule has 19 heavy (non-hydrogen) atoms. The fraction of sp³-hybridized carbons (Fsp3) is 0.643. The number of carboxylic acids is 1. The average Bonchev–Trinajstić information content (AvgIpc) is 2.36. The Labute approximate surface area is 113 Å². The van der Waals surface area contributed by atoms with Gasteiger partial charge in [0.1, 0.15) is 17.7 Å². The van der Waals surface area contributed by atoms with Crippen LogP contribution >= 0.6 is 0 Å². The van der Waals surface area contributed by atoms with E-state index in [-0.39, 0.29) is 0 Å². The predicted molar refractivity (Wildman–Crippen MR) is 73.3 cm³/mol. The molecule has 2 unspecified atom stereocenters. The number of hydrogen-bond donors (Lipinski definition) is 1. The Balaban J connectivity index is 2.28. The van der Waals surface area contributed by atoms with Gasteiger partial charge >= 0.3 is 5.97 Å². The first-order chi connectivity index (χ1) is 9.01. The zero-order valence-corrected chi connectivity index (χ0v) is 11.8. The normalized spacial score (nSPS) is 23.4. The lowest BCUT2D eigenvalue weighted by atomic mass is 9.89. The van der Waals surface area contributed by atoms with Crippen LogP contribution in [0.1, 0.15) is 37.7 Å². The van der Waals surface area contributed by atoms with E-state index in [1.54, 1.807) is 0 Å². The van der Waals surface area contributed by atoms with Gasteiger partial charge in [0, 0.05) is 18.3 Å². The molecule has 0 aromatic carbocycles. The Kier molecular flexibility index (Phi) is 4.02. The van der Waals surface area contributed by atoms with Gasteiger partial charge in [-0.3, -0.25) is 0 Å². The molecular formula is C14H21N3O2. The Morgan fingerprint density at radius 1 is 1.47 bits per heavy atom. The summed E-state index contributed by atoms with van der Waals surface area (Å²) in [6.45, 7) is 6.63. The Hall–Kier alpha value is -1.65. The third-order valence-corrected chi connectivity index (χ3v) is 3.82. The molecule has 0 radical (unpaired) electrons. The van der Waals surface area contributed by atoms with Crippen molar-refractivity contribution >= 4 is 11.8 Å². The van der Waals surface area contributed by atoms with Crippen LogP contribution < -0.4 is 4.90 Å². The van der Waals surface area contributed by atoms with Gasteiger partial charge < -0.3 is 10.0 Å². The van der Waals surface area contributed by atoms with Gasteiger partial charge in [-0.2, -0.15) is 0 Å². The van der Waals surface area contributed by atoms with Gasteiger partial charge in [0.2, 0.25) is 0 Å². The molecular weight excluding hydrogens is 242 g/mol. The highest BCUT2D eigenvalue weighted by Crippen LogP contribution is 2.29. The van der Waals surface area contributed by atoms with E-state index in [0.29, 0.717) is 18.2 Å². The first-order valence-corrected chi connectivity index (χ1v) is 6.83. The molecule has 1 aliphatic rings. The smallest absolute Gasteiger partial charge is 0.326 e. The van der Waals surface area contributed by atoms with Gasteiger partial charge in [-0.05, 0) is 32.6 Å². The summed E-state index contributed by atoms with van der Waals surface area (Å²) in [5, 5.41) is 9.44. The number of piperidine rings is 1. The van der Waals surface area contributed by atoms with E-state index >= 15 is 0 Å². The van der Waals surface area contributed by atoms with Crippen LogP contribution in [0.15, 0.2) is 6.07 Å². The van der Waals surface area contributed by atoms with Crippen molar-refractivity contribution in [1.82, 2.24) is 9.97 Å². The van der Waals surface area contributed by atoms with E-state index in [4.69, 9.17) is 0 Å². The lowest BCUT2D eigenvalue weighted by molar-refractivity contribution is -0.139. The summed E-state index contributed by atoms with van der Waals surface area (Å²) < 4.78 is 0. The maximum Gasteiger partial charge on any atom is 0.326 e. The molecule has 1 N–H and O–H groups in total. The molecule has 1 aromatic heterocycles. The van der Waals surface area contributed by atoms with E-state index in [0.717, 1.165) is 30.9 Å². The van der Waals surface area contributed by atoms with Crippen molar-refractivity contribution in [3.8, 4) is 0 Å². The zero-order chi connectivity index (χ0) is 14.0. The third-order valence-electron chi connectivity index (χ3n) is 3.82. The number of nitrogens with zero attached hydrogens (tertiary/aromatic N) is 3. The summed E-state index contributed by atoms with van der Waals surface area (Å²) in [5.74, 6) is 1.18. The van der Waals surface area contributed by atoms with Gasteiger partial charge in [0.05, 0.1) is 0 Å². The van der Waals surface area contributed by atoms with Crippen LogP contribution in [0.5, 0.6) is 0 Å². The molecule has 2 atom stereocenters. The number of aromatic nitrogens is 2. The average molecular weight is 263 g/mol. The van der Waals surface area contributed by atoms with E-state index in [2.05, 4.69) is 16.9 Å². The number of carboxylic acid groups (broad SMARTS) is 1. The number of hydrogen-bond acceptors (Lipinski definition) is 4. The first kappa shape index (κ1) is 13.8. The molecule has 0 spiro atoms. The first-order valence-electron chi connectivity index (χ1n) is 6.83. The molecule has 0 amide bonds. The zero-order valence-electron chi connectivity index (χ0n) is 11.8. The molecule has 1 fully saturated rings. The summed E-state index contributed by atoms with van der Waals surface area (Å²) in [6.07, 6.45) is 2.77. The molecule has 1 aromatic rings. The van der Waals surface area contributed by atoms with Crippen molar-refractivity contribution in [3.63, 3.8) is 0 Å². The molecule has 2 rings (SSSR count). The lowest BCUT2D eigenvalue weighted by Gasteiger charge is -2.37. The van der Waals surface area contributed by atoms with Crippen molar-refractivity contribution in [3.05, 3.63) is 17.6 Å². The molecule has 5 nitrogen and oxygen atoms in total. The molecule has 0 saturated carbocycles. The Morgan fingerprint density at radius 2 is 2.21 bits per heavy atom.